The molecule has 9 heteroatoms. The molecule has 4 rings (SSSR count). The number of nitrogens with one attached hydrogen (secondary N) is 2. The summed E-state index contributed by atoms with van der Waals surface area (Å²) in [6.07, 6.45) is 0. The van der Waals surface area contributed by atoms with Crippen LogP contribution in [-0.4, -0.2) is 74.1 Å². The van der Waals surface area contributed by atoms with Crippen LogP contribution in [0.25, 0.3) is 0 Å². The molecule has 0 atom stereocenters. The van der Waals surface area contributed by atoms with Crippen LogP contribution in [0.4, 0.5) is 23.3 Å². The molecule has 2 aliphatic heterocycles. The van der Waals surface area contributed by atoms with E-state index in [1.807, 2.05) is 0 Å². The number of anilines is 4. The first-order chi connectivity index (χ1) is 15.6. The number of aromatic nitrogens is 2. The predicted octanol–water partition coefficient (Wildman–Crippen LogP) is 2.58. The third kappa shape index (κ3) is 5.98. The molecule has 0 aliphatic carbocycles. The van der Waals surface area contributed by atoms with Gasteiger partial charge in [0, 0.05) is 57.6 Å². The summed E-state index contributed by atoms with van der Waals surface area (Å²) in [5.74, 6) is 2.89. The van der Waals surface area contributed by atoms with Crippen molar-refractivity contribution < 1.29 is 4.74 Å². The lowest BCUT2D eigenvalue weighted by Crippen LogP contribution is -2.47. The van der Waals surface area contributed by atoms with E-state index in [1.54, 1.807) is 0 Å². The fourth-order valence-corrected chi connectivity index (χ4v) is 4.04. The zero-order valence-corrected chi connectivity index (χ0v) is 19.8. The summed E-state index contributed by atoms with van der Waals surface area (Å²) < 4.78 is 5.52. The molecule has 1 aromatic carbocycles. The van der Waals surface area contributed by atoms with Crippen molar-refractivity contribution in [1.82, 2.24) is 15.3 Å². The van der Waals surface area contributed by atoms with E-state index in [4.69, 9.17) is 26.9 Å². The first-order valence-electron chi connectivity index (χ1n) is 11.4. The van der Waals surface area contributed by atoms with Gasteiger partial charge in [0.05, 0.1) is 13.2 Å². The molecule has 2 N–H and O–H groups in total. The van der Waals surface area contributed by atoms with E-state index in [9.17, 15) is 0 Å². The van der Waals surface area contributed by atoms with Crippen LogP contribution >= 0.6 is 12.2 Å². The molecule has 0 radical (unpaired) electrons. The van der Waals surface area contributed by atoms with Crippen molar-refractivity contribution in [1.29, 1.82) is 0 Å². The molecule has 2 saturated heterocycles. The SMILES string of the molecule is CC(C)CNC(=S)Nc1nc(N2CCOCC2)cc(N2CCN(c3ccccc3)CC2)n1. The maximum absolute atomic E-state index is 5.52. The number of piperazine rings is 1. The summed E-state index contributed by atoms with van der Waals surface area (Å²) in [5, 5.41) is 6.99. The zero-order chi connectivity index (χ0) is 22.3. The molecule has 0 saturated carbocycles. The molecule has 0 bridgehead atoms. The Labute approximate surface area is 196 Å². The molecule has 0 amide bonds. The summed E-state index contributed by atoms with van der Waals surface area (Å²) in [4.78, 5) is 16.6. The van der Waals surface area contributed by atoms with Gasteiger partial charge in [-0.1, -0.05) is 32.0 Å². The van der Waals surface area contributed by atoms with Crippen LogP contribution in [0.15, 0.2) is 36.4 Å². The summed E-state index contributed by atoms with van der Waals surface area (Å²) >= 11 is 5.47. The highest BCUT2D eigenvalue weighted by atomic mass is 32.1. The second-order valence-electron chi connectivity index (χ2n) is 8.55. The van der Waals surface area contributed by atoms with Crippen molar-refractivity contribution >= 4 is 40.6 Å². The van der Waals surface area contributed by atoms with Crippen molar-refractivity contribution in [3.05, 3.63) is 36.4 Å². The van der Waals surface area contributed by atoms with E-state index in [0.29, 0.717) is 30.2 Å². The Balaban J connectivity index is 1.49. The lowest BCUT2D eigenvalue weighted by Gasteiger charge is -2.37. The van der Waals surface area contributed by atoms with Gasteiger partial charge in [-0.2, -0.15) is 9.97 Å². The van der Waals surface area contributed by atoms with Crippen LogP contribution < -0.4 is 25.3 Å². The fourth-order valence-electron chi connectivity index (χ4n) is 3.87. The van der Waals surface area contributed by atoms with Crippen molar-refractivity contribution in [3.63, 3.8) is 0 Å². The third-order valence-corrected chi connectivity index (χ3v) is 5.90. The average molecular weight is 456 g/mol. The lowest BCUT2D eigenvalue weighted by atomic mass is 10.2. The Morgan fingerprint density at radius 1 is 0.938 bits per heavy atom. The van der Waals surface area contributed by atoms with Gasteiger partial charge in [-0.3, -0.25) is 0 Å². The van der Waals surface area contributed by atoms with Crippen LogP contribution in [0.1, 0.15) is 13.8 Å². The van der Waals surface area contributed by atoms with Gasteiger partial charge in [-0.25, -0.2) is 0 Å². The predicted molar refractivity (Wildman–Crippen MR) is 135 cm³/mol. The molecular formula is C23H33N7OS. The Hall–Kier alpha value is -2.65. The number of para-hydroxylation sites is 1. The van der Waals surface area contributed by atoms with Gasteiger partial charge in [0.15, 0.2) is 5.11 Å². The van der Waals surface area contributed by atoms with Crippen LogP contribution in [-0.2, 0) is 4.74 Å². The number of ether oxygens (including phenoxy) is 1. The number of hydrogen-bond acceptors (Lipinski definition) is 7. The number of nitrogens with zero attached hydrogens (tertiary/aromatic N) is 5. The highest BCUT2D eigenvalue weighted by Gasteiger charge is 2.22. The maximum atomic E-state index is 5.52. The molecule has 2 aliphatic rings. The molecular weight excluding hydrogens is 422 g/mol. The van der Waals surface area contributed by atoms with Crippen LogP contribution in [0.3, 0.4) is 0 Å². The van der Waals surface area contributed by atoms with E-state index in [-0.39, 0.29) is 0 Å². The molecule has 2 aromatic rings. The Morgan fingerprint density at radius 3 is 2.16 bits per heavy atom. The molecule has 1 aromatic heterocycles. The largest absolute Gasteiger partial charge is 0.378 e. The molecule has 0 spiro atoms. The Kier molecular flexibility index (Phi) is 7.59. The van der Waals surface area contributed by atoms with Crippen molar-refractivity contribution in [2.24, 2.45) is 5.92 Å². The fraction of sp³-hybridized carbons (Fsp3) is 0.522. The minimum absolute atomic E-state index is 0.506. The van der Waals surface area contributed by atoms with Gasteiger partial charge in [0.25, 0.3) is 0 Å². The van der Waals surface area contributed by atoms with Gasteiger partial charge < -0.3 is 30.1 Å². The molecule has 32 heavy (non-hydrogen) atoms. The van der Waals surface area contributed by atoms with Gasteiger partial charge in [0.1, 0.15) is 11.6 Å². The van der Waals surface area contributed by atoms with Crippen molar-refractivity contribution in [2.75, 3.05) is 79.0 Å². The second-order valence-corrected chi connectivity index (χ2v) is 8.95. The molecule has 8 nitrogen and oxygen atoms in total. The zero-order valence-electron chi connectivity index (χ0n) is 19.0. The Morgan fingerprint density at radius 2 is 1.53 bits per heavy atom. The smallest absolute Gasteiger partial charge is 0.232 e. The van der Waals surface area contributed by atoms with Crippen molar-refractivity contribution in [2.45, 2.75) is 13.8 Å². The summed E-state index contributed by atoms with van der Waals surface area (Å²) in [6, 6.07) is 12.7. The van der Waals surface area contributed by atoms with Crippen LogP contribution in [0.2, 0.25) is 0 Å². The first-order valence-corrected chi connectivity index (χ1v) is 11.8. The van der Waals surface area contributed by atoms with Gasteiger partial charge >= 0.3 is 0 Å². The van der Waals surface area contributed by atoms with Crippen LogP contribution in [0, 0.1) is 5.92 Å². The van der Waals surface area contributed by atoms with E-state index < -0.39 is 0 Å². The van der Waals surface area contributed by atoms with Gasteiger partial charge in [-0.05, 0) is 30.3 Å². The highest BCUT2D eigenvalue weighted by Crippen LogP contribution is 2.24. The normalized spacial score (nSPS) is 16.9. The van der Waals surface area contributed by atoms with Gasteiger partial charge in [0.2, 0.25) is 5.95 Å². The molecule has 3 heterocycles. The second kappa shape index (κ2) is 10.8. The number of hydrogen-bond donors (Lipinski definition) is 2. The summed E-state index contributed by atoms with van der Waals surface area (Å²) in [5.41, 5.74) is 1.27. The summed E-state index contributed by atoms with van der Waals surface area (Å²) in [7, 11) is 0. The maximum Gasteiger partial charge on any atom is 0.232 e. The molecule has 172 valence electrons. The number of benzene rings is 1. The topological polar surface area (TPSA) is 68.8 Å². The van der Waals surface area contributed by atoms with Crippen molar-refractivity contribution in [3.8, 4) is 0 Å². The van der Waals surface area contributed by atoms with Gasteiger partial charge in [-0.15, -0.1) is 0 Å². The van der Waals surface area contributed by atoms with E-state index in [2.05, 4.69) is 75.6 Å². The molecule has 2 fully saturated rings. The quantitative estimate of drug-likeness (QED) is 0.640. The first kappa shape index (κ1) is 22.5. The van der Waals surface area contributed by atoms with E-state index in [1.165, 1.54) is 5.69 Å². The Bertz CT molecular complexity index is 881. The monoisotopic (exact) mass is 455 g/mol. The average Bonchev–Trinajstić information content (AvgIpc) is 2.84. The third-order valence-electron chi connectivity index (χ3n) is 5.66. The summed E-state index contributed by atoms with van der Waals surface area (Å²) in [6.45, 7) is 11.9. The number of rotatable bonds is 6. The lowest BCUT2D eigenvalue weighted by molar-refractivity contribution is 0.122. The van der Waals surface area contributed by atoms with E-state index >= 15 is 0 Å². The van der Waals surface area contributed by atoms with E-state index in [0.717, 1.165) is 57.4 Å². The minimum Gasteiger partial charge on any atom is -0.378 e. The molecule has 0 unspecified atom stereocenters. The standard InChI is InChI=1S/C23H33N7OS/c1-18(2)17-24-23(32)27-22-25-20(16-21(26-22)30-12-14-31-15-13-30)29-10-8-28(9-11-29)19-6-4-3-5-7-19/h3-7,16,18H,8-15,17H2,1-2H3,(H2,24,25,26,27,32). The highest BCUT2D eigenvalue weighted by molar-refractivity contribution is 7.80. The minimum atomic E-state index is 0.506. The number of morpholine rings is 1. The van der Waals surface area contributed by atoms with Crippen LogP contribution in [0.5, 0.6) is 0 Å². The number of thiocarbonyl (C=S) groups is 1.